The maximum absolute atomic E-state index is 5.99. The average molecular weight is 245 g/mol. The van der Waals surface area contributed by atoms with Crippen LogP contribution in [-0.2, 0) is 13.1 Å². The van der Waals surface area contributed by atoms with Crippen molar-refractivity contribution in [1.82, 2.24) is 14.7 Å². The predicted octanol–water partition coefficient (Wildman–Crippen LogP) is 1.10. The van der Waals surface area contributed by atoms with Crippen LogP contribution in [0.4, 0.5) is 0 Å². The van der Waals surface area contributed by atoms with Gasteiger partial charge < -0.3 is 5.73 Å². The van der Waals surface area contributed by atoms with Crippen LogP contribution in [0.2, 0.25) is 0 Å². The van der Waals surface area contributed by atoms with Gasteiger partial charge in [0.2, 0.25) is 0 Å². The molecule has 1 aliphatic rings. The van der Waals surface area contributed by atoms with Crippen molar-refractivity contribution < 1.29 is 0 Å². The highest BCUT2D eigenvalue weighted by Crippen LogP contribution is 2.16. The monoisotopic (exact) mass is 244 g/mol. The second kappa shape index (κ2) is 5.66. The number of aryl methyl sites for hydroxylation is 1. The van der Waals surface area contributed by atoms with Crippen molar-refractivity contribution in [3.63, 3.8) is 0 Å². The largest absolute Gasteiger partial charge is 0.326 e. The zero-order valence-electron chi connectivity index (χ0n) is 9.97. The van der Waals surface area contributed by atoms with Crippen LogP contribution in [0, 0.1) is 5.92 Å². The van der Waals surface area contributed by atoms with Crippen molar-refractivity contribution in [3.05, 3.63) is 18.0 Å². The van der Waals surface area contributed by atoms with E-state index < -0.39 is 0 Å². The predicted molar refractivity (Wildman–Crippen MR) is 67.6 cm³/mol. The smallest absolute Gasteiger partial charge is 0.0534 e. The van der Waals surface area contributed by atoms with Gasteiger partial charge in [0.25, 0.3) is 0 Å². The fourth-order valence-corrected chi connectivity index (χ4v) is 2.14. The van der Waals surface area contributed by atoms with Crippen molar-refractivity contribution in [3.8, 4) is 0 Å². The van der Waals surface area contributed by atoms with Gasteiger partial charge in [-0.2, -0.15) is 5.10 Å². The number of hydrogen-bond donors (Lipinski definition) is 1. The first-order valence-corrected chi connectivity index (χ1v) is 5.68. The lowest BCUT2D eigenvalue weighted by atomic mass is 10.1. The lowest BCUT2D eigenvalue weighted by Gasteiger charge is -2.13. The molecule has 1 aliphatic heterocycles. The average Bonchev–Trinajstić information content (AvgIpc) is 2.76. The van der Waals surface area contributed by atoms with Crippen LogP contribution < -0.4 is 5.73 Å². The second-order valence-corrected chi connectivity index (χ2v) is 4.54. The second-order valence-electron chi connectivity index (χ2n) is 4.54. The number of hydrogen-bond acceptors (Lipinski definition) is 3. The SMILES string of the molecule is CCn1cc(CN2CC(C)C(N)C2)cn1.Cl. The van der Waals surface area contributed by atoms with Gasteiger partial charge in [0, 0.05) is 44.0 Å². The molecule has 5 heteroatoms. The minimum Gasteiger partial charge on any atom is -0.326 e. The van der Waals surface area contributed by atoms with E-state index in [1.165, 1.54) is 5.56 Å². The molecule has 2 unspecified atom stereocenters. The van der Waals surface area contributed by atoms with Gasteiger partial charge in [0.05, 0.1) is 6.20 Å². The van der Waals surface area contributed by atoms with Crippen molar-refractivity contribution >= 4 is 12.4 Å². The quantitative estimate of drug-likeness (QED) is 0.867. The molecule has 4 nitrogen and oxygen atoms in total. The Labute approximate surface area is 103 Å². The molecule has 0 amide bonds. The Morgan fingerprint density at radius 1 is 1.50 bits per heavy atom. The number of nitrogens with two attached hydrogens (primary N) is 1. The molecule has 16 heavy (non-hydrogen) atoms. The van der Waals surface area contributed by atoms with E-state index in [1.54, 1.807) is 0 Å². The van der Waals surface area contributed by atoms with Crippen LogP contribution >= 0.6 is 12.4 Å². The number of nitrogens with zero attached hydrogens (tertiary/aromatic N) is 3. The molecule has 0 aromatic carbocycles. The van der Waals surface area contributed by atoms with E-state index in [0.29, 0.717) is 12.0 Å². The number of aromatic nitrogens is 2. The Kier molecular flexibility index (Phi) is 4.77. The molecule has 0 aliphatic carbocycles. The highest BCUT2D eigenvalue weighted by atomic mass is 35.5. The van der Waals surface area contributed by atoms with Crippen LogP contribution in [0.5, 0.6) is 0 Å². The Morgan fingerprint density at radius 2 is 2.25 bits per heavy atom. The molecule has 0 bridgehead atoms. The summed E-state index contributed by atoms with van der Waals surface area (Å²) < 4.78 is 1.97. The molecule has 0 radical (unpaired) electrons. The molecule has 1 aromatic rings. The first kappa shape index (κ1) is 13.5. The molecular weight excluding hydrogens is 224 g/mol. The zero-order chi connectivity index (χ0) is 10.8. The molecule has 1 aromatic heterocycles. The Hall–Kier alpha value is -0.580. The fourth-order valence-electron chi connectivity index (χ4n) is 2.14. The summed E-state index contributed by atoms with van der Waals surface area (Å²) in [6.07, 6.45) is 4.08. The molecule has 1 saturated heterocycles. The van der Waals surface area contributed by atoms with Gasteiger partial charge in [-0.15, -0.1) is 12.4 Å². The van der Waals surface area contributed by atoms with E-state index >= 15 is 0 Å². The molecular formula is C11H21ClN4. The van der Waals surface area contributed by atoms with E-state index in [2.05, 4.69) is 30.0 Å². The lowest BCUT2D eigenvalue weighted by molar-refractivity contribution is 0.319. The summed E-state index contributed by atoms with van der Waals surface area (Å²) in [5, 5.41) is 4.27. The van der Waals surface area contributed by atoms with Crippen LogP contribution in [0.15, 0.2) is 12.4 Å². The summed E-state index contributed by atoms with van der Waals surface area (Å²) in [6, 6.07) is 0.339. The molecule has 92 valence electrons. The highest BCUT2D eigenvalue weighted by Gasteiger charge is 2.26. The van der Waals surface area contributed by atoms with Crippen LogP contribution in [0.3, 0.4) is 0 Å². The van der Waals surface area contributed by atoms with Gasteiger partial charge >= 0.3 is 0 Å². The van der Waals surface area contributed by atoms with E-state index in [1.807, 2.05) is 10.9 Å². The first-order valence-electron chi connectivity index (χ1n) is 5.68. The standard InChI is InChI=1S/C11H20N4.ClH/c1-3-15-7-10(4-13-15)6-14-5-9(2)11(12)8-14;/h4,7,9,11H,3,5-6,8,12H2,1-2H3;1H. The van der Waals surface area contributed by atoms with E-state index in [4.69, 9.17) is 5.73 Å². The molecule has 2 N–H and O–H groups in total. The van der Waals surface area contributed by atoms with Crippen LogP contribution in [-0.4, -0.2) is 33.8 Å². The van der Waals surface area contributed by atoms with Gasteiger partial charge in [0.15, 0.2) is 0 Å². The van der Waals surface area contributed by atoms with Crippen molar-refractivity contribution in [1.29, 1.82) is 0 Å². The minimum atomic E-state index is 0. The lowest BCUT2D eigenvalue weighted by Crippen LogP contribution is -2.28. The Balaban J connectivity index is 0.00000128. The topological polar surface area (TPSA) is 47.1 Å². The summed E-state index contributed by atoms with van der Waals surface area (Å²) in [7, 11) is 0. The highest BCUT2D eigenvalue weighted by molar-refractivity contribution is 5.85. The normalized spacial score (nSPS) is 25.7. The minimum absolute atomic E-state index is 0. The number of rotatable bonds is 3. The molecule has 0 spiro atoms. The Morgan fingerprint density at radius 3 is 2.75 bits per heavy atom. The van der Waals surface area contributed by atoms with Gasteiger partial charge in [-0.05, 0) is 12.8 Å². The third kappa shape index (κ3) is 2.97. The molecule has 2 rings (SSSR count). The van der Waals surface area contributed by atoms with Gasteiger partial charge in [0.1, 0.15) is 0 Å². The van der Waals surface area contributed by atoms with Gasteiger partial charge in [-0.25, -0.2) is 0 Å². The zero-order valence-corrected chi connectivity index (χ0v) is 10.8. The summed E-state index contributed by atoms with van der Waals surface area (Å²) >= 11 is 0. The Bertz CT molecular complexity index is 316. The van der Waals surface area contributed by atoms with Crippen LogP contribution in [0.25, 0.3) is 0 Å². The summed E-state index contributed by atoms with van der Waals surface area (Å²) in [4.78, 5) is 2.41. The number of halogens is 1. The maximum Gasteiger partial charge on any atom is 0.0534 e. The summed E-state index contributed by atoms with van der Waals surface area (Å²) in [5.41, 5.74) is 7.28. The van der Waals surface area contributed by atoms with E-state index in [-0.39, 0.29) is 12.4 Å². The third-order valence-corrected chi connectivity index (χ3v) is 3.16. The molecule has 2 atom stereocenters. The van der Waals surface area contributed by atoms with E-state index in [0.717, 1.165) is 26.2 Å². The van der Waals surface area contributed by atoms with Crippen molar-refractivity contribution in [2.45, 2.75) is 33.0 Å². The maximum atomic E-state index is 5.99. The number of likely N-dealkylation sites (tertiary alicyclic amines) is 1. The molecule has 1 fully saturated rings. The van der Waals surface area contributed by atoms with Crippen molar-refractivity contribution in [2.24, 2.45) is 11.7 Å². The summed E-state index contributed by atoms with van der Waals surface area (Å²) in [5.74, 6) is 0.617. The molecule has 2 heterocycles. The van der Waals surface area contributed by atoms with Gasteiger partial charge in [-0.3, -0.25) is 9.58 Å². The fraction of sp³-hybridized carbons (Fsp3) is 0.727. The third-order valence-electron chi connectivity index (χ3n) is 3.16. The van der Waals surface area contributed by atoms with Gasteiger partial charge in [-0.1, -0.05) is 6.92 Å². The molecule has 0 saturated carbocycles. The summed E-state index contributed by atoms with van der Waals surface area (Å²) in [6.45, 7) is 8.37. The van der Waals surface area contributed by atoms with Crippen LogP contribution in [0.1, 0.15) is 19.4 Å². The first-order chi connectivity index (χ1) is 7.19. The van der Waals surface area contributed by atoms with E-state index in [9.17, 15) is 0 Å². The van der Waals surface area contributed by atoms with Crippen molar-refractivity contribution in [2.75, 3.05) is 13.1 Å².